The number of rotatable bonds is 6. The molecule has 3 atom stereocenters. The van der Waals surface area contributed by atoms with Crippen LogP contribution in [0.2, 0.25) is 0 Å². The molecular weight excluding hydrogens is 314 g/mol. The molecule has 1 aliphatic heterocycles. The number of hydrogen-bond donors (Lipinski definition) is 0. The third kappa shape index (κ3) is 3.46. The molecular formula is C19H27N5O. The SMILES string of the molecule is C[C@H](c1nc(C2CC2)no1)N(C)C[C@@H]1CCN(C)[C@H]1c1cccnc1. The topological polar surface area (TPSA) is 58.3 Å². The molecule has 0 N–H and O–H groups in total. The Labute approximate surface area is 149 Å². The fourth-order valence-electron chi connectivity index (χ4n) is 3.94. The molecule has 2 aromatic heterocycles. The predicted molar refractivity (Wildman–Crippen MR) is 95.0 cm³/mol. The zero-order chi connectivity index (χ0) is 17.4. The fourth-order valence-corrected chi connectivity index (χ4v) is 3.94. The van der Waals surface area contributed by atoms with Crippen molar-refractivity contribution in [1.29, 1.82) is 0 Å². The average molecular weight is 341 g/mol. The van der Waals surface area contributed by atoms with Gasteiger partial charge in [-0.15, -0.1) is 0 Å². The Bertz CT molecular complexity index is 699. The van der Waals surface area contributed by atoms with E-state index in [1.54, 1.807) is 0 Å². The zero-order valence-electron chi connectivity index (χ0n) is 15.3. The molecule has 1 saturated heterocycles. The Morgan fingerprint density at radius 2 is 2.20 bits per heavy atom. The van der Waals surface area contributed by atoms with E-state index in [-0.39, 0.29) is 6.04 Å². The van der Waals surface area contributed by atoms with Crippen LogP contribution >= 0.6 is 0 Å². The number of aromatic nitrogens is 3. The van der Waals surface area contributed by atoms with Gasteiger partial charge in [0.1, 0.15) is 0 Å². The highest BCUT2D eigenvalue weighted by Gasteiger charge is 2.35. The van der Waals surface area contributed by atoms with Crippen LogP contribution in [0, 0.1) is 5.92 Å². The minimum absolute atomic E-state index is 0.139. The van der Waals surface area contributed by atoms with Gasteiger partial charge < -0.3 is 4.52 Å². The summed E-state index contributed by atoms with van der Waals surface area (Å²) in [6.45, 7) is 4.28. The van der Waals surface area contributed by atoms with Crippen molar-refractivity contribution in [3.8, 4) is 0 Å². The van der Waals surface area contributed by atoms with E-state index in [0.717, 1.165) is 24.8 Å². The first kappa shape index (κ1) is 16.7. The molecule has 25 heavy (non-hydrogen) atoms. The maximum absolute atomic E-state index is 5.52. The summed E-state index contributed by atoms with van der Waals surface area (Å²) in [5.74, 6) is 2.75. The van der Waals surface area contributed by atoms with Gasteiger partial charge in [0.25, 0.3) is 0 Å². The van der Waals surface area contributed by atoms with Crippen LogP contribution in [0.5, 0.6) is 0 Å². The van der Waals surface area contributed by atoms with E-state index in [1.165, 1.54) is 24.8 Å². The summed E-state index contributed by atoms with van der Waals surface area (Å²) in [4.78, 5) is 13.7. The second-order valence-electron chi connectivity index (χ2n) is 7.64. The maximum Gasteiger partial charge on any atom is 0.243 e. The smallest absolute Gasteiger partial charge is 0.243 e. The summed E-state index contributed by atoms with van der Waals surface area (Å²) in [5, 5.41) is 4.16. The number of pyridine rings is 1. The van der Waals surface area contributed by atoms with Crippen LogP contribution in [-0.4, -0.2) is 52.1 Å². The minimum Gasteiger partial charge on any atom is -0.338 e. The molecule has 134 valence electrons. The van der Waals surface area contributed by atoms with Gasteiger partial charge >= 0.3 is 0 Å². The van der Waals surface area contributed by atoms with E-state index < -0.39 is 0 Å². The van der Waals surface area contributed by atoms with Crippen LogP contribution in [0.15, 0.2) is 29.0 Å². The van der Waals surface area contributed by atoms with Gasteiger partial charge in [-0.05, 0) is 64.4 Å². The van der Waals surface area contributed by atoms with E-state index in [9.17, 15) is 0 Å². The minimum atomic E-state index is 0.139. The molecule has 2 aliphatic rings. The van der Waals surface area contributed by atoms with Gasteiger partial charge in [-0.25, -0.2) is 0 Å². The van der Waals surface area contributed by atoms with Crippen LogP contribution in [0.1, 0.15) is 61.5 Å². The number of likely N-dealkylation sites (tertiary alicyclic amines) is 1. The second kappa shape index (κ2) is 6.84. The van der Waals surface area contributed by atoms with Crippen molar-refractivity contribution in [2.75, 3.05) is 27.2 Å². The Kier molecular flexibility index (Phi) is 4.56. The summed E-state index contributed by atoms with van der Waals surface area (Å²) in [5.41, 5.74) is 1.31. The molecule has 2 fully saturated rings. The third-order valence-electron chi connectivity index (χ3n) is 5.74. The first-order valence-electron chi connectivity index (χ1n) is 9.27. The molecule has 6 nitrogen and oxygen atoms in total. The third-order valence-corrected chi connectivity index (χ3v) is 5.74. The predicted octanol–water partition coefficient (Wildman–Crippen LogP) is 3.03. The van der Waals surface area contributed by atoms with Gasteiger partial charge in [0.2, 0.25) is 5.89 Å². The second-order valence-corrected chi connectivity index (χ2v) is 7.64. The molecule has 0 aromatic carbocycles. The molecule has 3 heterocycles. The van der Waals surface area contributed by atoms with Gasteiger partial charge in [-0.3, -0.25) is 14.8 Å². The van der Waals surface area contributed by atoms with Crippen molar-refractivity contribution in [3.05, 3.63) is 41.8 Å². The Balaban J connectivity index is 1.44. The summed E-state index contributed by atoms with van der Waals surface area (Å²) in [7, 11) is 4.37. The molecule has 1 aliphatic carbocycles. The molecule has 0 unspecified atom stereocenters. The first-order valence-corrected chi connectivity index (χ1v) is 9.27. The van der Waals surface area contributed by atoms with Crippen LogP contribution in [0.25, 0.3) is 0 Å². The molecule has 6 heteroatoms. The van der Waals surface area contributed by atoms with Crippen LogP contribution in [-0.2, 0) is 0 Å². The molecule has 0 bridgehead atoms. The van der Waals surface area contributed by atoms with E-state index in [0.29, 0.717) is 17.9 Å². The van der Waals surface area contributed by atoms with Crippen LogP contribution in [0.3, 0.4) is 0 Å². The maximum atomic E-state index is 5.52. The van der Waals surface area contributed by atoms with Crippen molar-refractivity contribution in [3.63, 3.8) is 0 Å². The van der Waals surface area contributed by atoms with Gasteiger partial charge in [0, 0.05) is 30.9 Å². The Hall–Kier alpha value is -1.79. The highest BCUT2D eigenvalue weighted by Crippen LogP contribution is 2.39. The monoisotopic (exact) mass is 341 g/mol. The molecule has 4 rings (SSSR count). The van der Waals surface area contributed by atoms with Gasteiger partial charge in [0.05, 0.1) is 6.04 Å². The van der Waals surface area contributed by atoms with E-state index in [4.69, 9.17) is 4.52 Å². The Morgan fingerprint density at radius 1 is 1.36 bits per heavy atom. The van der Waals surface area contributed by atoms with Crippen molar-refractivity contribution >= 4 is 0 Å². The van der Waals surface area contributed by atoms with Crippen molar-refractivity contribution < 1.29 is 4.52 Å². The summed E-state index contributed by atoms with van der Waals surface area (Å²) in [6, 6.07) is 4.78. The van der Waals surface area contributed by atoms with Crippen LogP contribution < -0.4 is 0 Å². The van der Waals surface area contributed by atoms with E-state index in [2.05, 4.69) is 52.0 Å². The lowest BCUT2D eigenvalue weighted by Crippen LogP contribution is -2.32. The molecule has 1 saturated carbocycles. The Morgan fingerprint density at radius 3 is 2.92 bits per heavy atom. The molecule has 0 radical (unpaired) electrons. The fraction of sp³-hybridized carbons (Fsp3) is 0.632. The standard InChI is InChI=1S/C19H27N5O/c1-13(19-21-18(22-25-19)14-6-7-14)24(3)12-16-8-10-23(2)17(16)15-5-4-9-20-11-15/h4-5,9,11,13-14,16-17H,6-8,10,12H2,1-3H3/t13-,16+,17+/m1/s1. The van der Waals surface area contributed by atoms with Gasteiger partial charge in [-0.1, -0.05) is 11.2 Å². The highest BCUT2D eigenvalue weighted by atomic mass is 16.5. The van der Waals surface area contributed by atoms with Crippen molar-refractivity contribution in [2.45, 2.75) is 44.2 Å². The van der Waals surface area contributed by atoms with Crippen molar-refractivity contribution in [2.24, 2.45) is 5.92 Å². The number of hydrogen-bond acceptors (Lipinski definition) is 6. The highest BCUT2D eigenvalue weighted by molar-refractivity contribution is 5.17. The van der Waals surface area contributed by atoms with Crippen LogP contribution in [0.4, 0.5) is 0 Å². The normalized spacial score (nSPS) is 25.6. The summed E-state index contributed by atoms with van der Waals surface area (Å²) >= 11 is 0. The lowest BCUT2D eigenvalue weighted by molar-refractivity contribution is 0.162. The molecule has 2 aromatic rings. The zero-order valence-corrected chi connectivity index (χ0v) is 15.3. The van der Waals surface area contributed by atoms with Gasteiger partial charge in [-0.2, -0.15) is 4.98 Å². The van der Waals surface area contributed by atoms with E-state index in [1.807, 2.05) is 18.5 Å². The quantitative estimate of drug-likeness (QED) is 0.805. The lowest BCUT2D eigenvalue weighted by atomic mass is 9.94. The van der Waals surface area contributed by atoms with E-state index >= 15 is 0 Å². The van der Waals surface area contributed by atoms with Crippen molar-refractivity contribution in [1.82, 2.24) is 24.9 Å². The summed E-state index contributed by atoms with van der Waals surface area (Å²) < 4.78 is 5.52. The summed E-state index contributed by atoms with van der Waals surface area (Å²) in [6.07, 6.45) is 7.44. The molecule has 0 spiro atoms. The first-order chi connectivity index (χ1) is 12.1. The number of nitrogens with zero attached hydrogens (tertiary/aromatic N) is 5. The molecule has 0 amide bonds. The van der Waals surface area contributed by atoms with Gasteiger partial charge in [0.15, 0.2) is 5.82 Å². The lowest BCUT2D eigenvalue weighted by Gasteiger charge is -2.30. The largest absolute Gasteiger partial charge is 0.338 e. The average Bonchev–Trinajstić information content (AvgIpc) is 3.25.